The highest BCUT2D eigenvalue weighted by atomic mass is 35.5. The number of carbonyl (C=O) groups excluding carboxylic acids is 1. The number of amides is 1. The average Bonchev–Trinajstić information content (AvgIpc) is 2.79. The fourth-order valence-corrected chi connectivity index (χ4v) is 4.82. The number of hydrogen-bond acceptors (Lipinski definition) is 5. The lowest BCUT2D eigenvalue weighted by Gasteiger charge is -2.22. The molecule has 0 heterocycles. The van der Waals surface area contributed by atoms with Gasteiger partial charge in [-0.25, -0.2) is 8.42 Å². The normalized spacial score (nSPS) is 11.3. The van der Waals surface area contributed by atoms with Crippen LogP contribution in [0.2, 0.25) is 10.0 Å². The van der Waals surface area contributed by atoms with E-state index in [0.717, 1.165) is 4.31 Å². The summed E-state index contributed by atoms with van der Waals surface area (Å²) in [4.78, 5) is 12.9. The Bertz CT molecular complexity index is 1230. The quantitative estimate of drug-likeness (QED) is 0.446. The third-order valence-corrected chi connectivity index (χ3v) is 6.98. The maximum atomic E-state index is 13.3. The molecule has 0 saturated heterocycles. The van der Waals surface area contributed by atoms with Gasteiger partial charge in [0.25, 0.3) is 0 Å². The van der Waals surface area contributed by atoms with E-state index in [1.54, 1.807) is 42.5 Å². The predicted octanol–water partition coefficient (Wildman–Crippen LogP) is 4.84. The molecule has 33 heavy (non-hydrogen) atoms. The van der Waals surface area contributed by atoms with Gasteiger partial charge in [-0.3, -0.25) is 4.79 Å². The first kappa shape index (κ1) is 24.9. The van der Waals surface area contributed by atoms with Gasteiger partial charge in [0.2, 0.25) is 15.9 Å². The smallest absolute Gasteiger partial charge is 0.243 e. The molecule has 0 aliphatic heterocycles. The van der Waals surface area contributed by atoms with E-state index in [9.17, 15) is 13.2 Å². The van der Waals surface area contributed by atoms with Crippen LogP contribution in [-0.4, -0.2) is 39.4 Å². The zero-order valence-corrected chi connectivity index (χ0v) is 20.2. The Morgan fingerprint density at radius 2 is 1.61 bits per heavy atom. The molecule has 0 saturated carbocycles. The molecule has 0 atom stereocenters. The second kappa shape index (κ2) is 10.9. The molecule has 174 valence electrons. The Kier molecular flexibility index (Phi) is 8.20. The van der Waals surface area contributed by atoms with E-state index >= 15 is 0 Å². The molecule has 0 aliphatic rings. The number of carbonyl (C=O) groups is 1. The van der Waals surface area contributed by atoms with Crippen molar-refractivity contribution in [2.45, 2.75) is 11.4 Å². The monoisotopic (exact) mass is 508 g/mol. The standard InChI is InChI=1S/C23H22Cl2N2O5S/c1-31-21-11-8-19(13-22(21)32-2)26-23(28)15-27(14-16-4-3-5-18(25)12-16)33(29,30)20-9-6-17(24)7-10-20/h3-13H,14-15H2,1-2H3,(H,26,28). The van der Waals surface area contributed by atoms with Gasteiger partial charge in [0.1, 0.15) is 0 Å². The summed E-state index contributed by atoms with van der Waals surface area (Å²) < 4.78 is 38.2. The minimum atomic E-state index is -4.01. The lowest BCUT2D eigenvalue weighted by molar-refractivity contribution is -0.116. The van der Waals surface area contributed by atoms with Crippen molar-refractivity contribution in [3.8, 4) is 11.5 Å². The maximum Gasteiger partial charge on any atom is 0.243 e. The minimum absolute atomic E-state index is 0.0212. The number of ether oxygens (including phenoxy) is 2. The first-order chi connectivity index (χ1) is 15.7. The van der Waals surface area contributed by atoms with Gasteiger partial charge in [-0.2, -0.15) is 4.31 Å². The topological polar surface area (TPSA) is 84.9 Å². The van der Waals surface area contributed by atoms with E-state index in [1.165, 1.54) is 38.5 Å². The Balaban J connectivity index is 1.87. The number of halogens is 2. The second-order valence-electron chi connectivity index (χ2n) is 6.97. The Labute approximate surface area is 202 Å². The fraction of sp³-hybridized carbons (Fsp3) is 0.174. The number of benzene rings is 3. The average molecular weight is 509 g/mol. The molecule has 0 aliphatic carbocycles. The number of sulfonamides is 1. The van der Waals surface area contributed by atoms with Crippen molar-refractivity contribution in [3.05, 3.63) is 82.3 Å². The van der Waals surface area contributed by atoms with Crippen LogP contribution in [0.25, 0.3) is 0 Å². The van der Waals surface area contributed by atoms with Crippen LogP contribution in [0.3, 0.4) is 0 Å². The highest BCUT2D eigenvalue weighted by Crippen LogP contribution is 2.30. The molecule has 0 aromatic heterocycles. The molecule has 10 heteroatoms. The van der Waals surface area contributed by atoms with E-state index in [2.05, 4.69) is 5.32 Å². The van der Waals surface area contributed by atoms with Gasteiger partial charge in [-0.05, 0) is 54.1 Å². The summed E-state index contributed by atoms with van der Waals surface area (Å²) in [5.74, 6) is 0.407. The number of hydrogen-bond donors (Lipinski definition) is 1. The summed E-state index contributed by atoms with van der Waals surface area (Å²) in [7, 11) is -1.03. The largest absolute Gasteiger partial charge is 0.493 e. The highest BCUT2D eigenvalue weighted by Gasteiger charge is 2.27. The van der Waals surface area contributed by atoms with Gasteiger partial charge in [-0.15, -0.1) is 0 Å². The van der Waals surface area contributed by atoms with Gasteiger partial charge in [0, 0.05) is 28.3 Å². The number of rotatable bonds is 9. The molecular formula is C23H22Cl2N2O5S. The van der Waals surface area contributed by atoms with Crippen molar-refractivity contribution >= 4 is 44.8 Å². The van der Waals surface area contributed by atoms with Crippen LogP contribution in [0.15, 0.2) is 71.6 Å². The number of methoxy groups -OCH3 is 2. The summed E-state index contributed by atoms with van der Waals surface area (Å²) in [6.07, 6.45) is 0. The molecule has 0 radical (unpaired) electrons. The van der Waals surface area contributed by atoms with Crippen LogP contribution in [0.5, 0.6) is 11.5 Å². The van der Waals surface area contributed by atoms with Crippen molar-refractivity contribution in [1.29, 1.82) is 0 Å². The molecule has 7 nitrogen and oxygen atoms in total. The zero-order chi connectivity index (χ0) is 24.0. The van der Waals surface area contributed by atoms with Gasteiger partial charge in [-0.1, -0.05) is 35.3 Å². The van der Waals surface area contributed by atoms with Crippen LogP contribution >= 0.6 is 23.2 Å². The van der Waals surface area contributed by atoms with Gasteiger partial charge >= 0.3 is 0 Å². The summed E-state index contributed by atoms with van der Waals surface area (Å²) in [6.45, 7) is -0.476. The first-order valence-electron chi connectivity index (χ1n) is 9.75. The van der Waals surface area contributed by atoms with Crippen LogP contribution in [0.1, 0.15) is 5.56 Å². The third-order valence-electron chi connectivity index (χ3n) is 4.69. The molecule has 0 fully saturated rings. The van der Waals surface area contributed by atoms with Crippen LogP contribution in [0.4, 0.5) is 5.69 Å². The molecule has 3 aromatic rings. The minimum Gasteiger partial charge on any atom is -0.493 e. The molecule has 1 amide bonds. The molecule has 3 rings (SSSR count). The summed E-state index contributed by atoms with van der Waals surface area (Å²) >= 11 is 12.0. The van der Waals surface area contributed by atoms with Crippen LogP contribution in [0, 0.1) is 0 Å². The molecule has 3 aromatic carbocycles. The molecule has 1 N–H and O–H groups in total. The molecule has 0 spiro atoms. The van der Waals surface area contributed by atoms with Gasteiger partial charge in [0.05, 0.1) is 25.7 Å². The van der Waals surface area contributed by atoms with Crippen molar-refractivity contribution in [2.75, 3.05) is 26.1 Å². The Morgan fingerprint density at radius 3 is 2.24 bits per heavy atom. The van der Waals surface area contributed by atoms with Gasteiger partial charge < -0.3 is 14.8 Å². The van der Waals surface area contributed by atoms with Crippen molar-refractivity contribution in [3.63, 3.8) is 0 Å². The third kappa shape index (κ3) is 6.39. The maximum absolute atomic E-state index is 13.3. The van der Waals surface area contributed by atoms with E-state index < -0.39 is 22.5 Å². The van der Waals surface area contributed by atoms with E-state index in [0.29, 0.717) is 32.8 Å². The second-order valence-corrected chi connectivity index (χ2v) is 9.79. The Morgan fingerprint density at radius 1 is 0.909 bits per heavy atom. The molecule has 0 unspecified atom stereocenters. The summed E-state index contributed by atoms with van der Waals surface area (Å²) in [6, 6.07) is 17.4. The number of anilines is 1. The molecule has 0 bridgehead atoms. The zero-order valence-electron chi connectivity index (χ0n) is 17.9. The van der Waals surface area contributed by atoms with Crippen LogP contribution < -0.4 is 14.8 Å². The highest BCUT2D eigenvalue weighted by molar-refractivity contribution is 7.89. The Hall–Kier alpha value is -2.78. The SMILES string of the molecule is COc1ccc(NC(=O)CN(Cc2cccc(Cl)c2)S(=O)(=O)c2ccc(Cl)cc2)cc1OC. The number of nitrogens with zero attached hydrogens (tertiary/aromatic N) is 1. The summed E-state index contributed by atoms with van der Waals surface area (Å²) in [5.41, 5.74) is 1.07. The predicted molar refractivity (Wildman–Crippen MR) is 129 cm³/mol. The fourth-order valence-electron chi connectivity index (χ4n) is 3.10. The van der Waals surface area contributed by atoms with Crippen molar-refractivity contribution < 1.29 is 22.7 Å². The number of nitrogens with one attached hydrogen (secondary N) is 1. The lowest BCUT2D eigenvalue weighted by atomic mass is 10.2. The van der Waals surface area contributed by atoms with E-state index in [1.807, 2.05) is 0 Å². The van der Waals surface area contributed by atoms with Crippen LogP contribution in [-0.2, 0) is 21.4 Å². The summed E-state index contributed by atoms with van der Waals surface area (Å²) in [5, 5.41) is 3.57. The van der Waals surface area contributed by atoms with Gasteiger partial charge in [0.15, 0.2) is 11.5 Å². The van der Waals surface area contributed by atoms with Crippen molar-refractivity contribution in [2.24, 2.45) is 0 Å². The van der Waals surface area contributed by atoms with Crippen molar-refractivity contribution in [1.82, 2.24) is 4.31 Å². The lowest BCUT2D eigenvalue weighted by Crippen LogP contribution is -2.37. The van der Waals surface area contributed by atoms with E-state index in [-0.39, 0.29) is 11.4 Å². The van der Waals surface area contributed by atoms with E-state index in [4.69, 9.17) is 32.7 Å². The molecular weight excluding hydrogens is 487 g/mol. The first-order valence-corrected chi connectivity index (χ1v) is 11.9.